The molecule has 1 N–H and O–H groups in total. The van der Waals surface area contributed by atoms with Gasteiger partial charge in [-0.3, -0.25) is 19.2 Å². The number of benzene rings is 2. The van der Waals surface area contributed by atoms with Crippen LogP contribution >= 0.6 is 11.6 Å². The maximum Gasteiger partial charge on any atom is 0.271 e. The van der Waals surface area contributed by atoms with Crippen molar-refractivity contribution in [2.45, 2.75) is 13.0 Å². The lowest BCUT2D eigenvalue weighted by Gasteiger charge is -2.28. The predicted molar refractivity (Wildman–Crippen MR) is 99.9 cm³/mol. The first-order chi connectivity index (χ1) is 12.5. The van der Waals surface area contributed by atoms with E-state index in [-0.39, 0.29) is 22.1 Å². The number of carbonyl (C=O) groups excluding carboxylic acids is 1. The van der Waals surface area contributed by atoms with Gasteiger partial charge < -0.3 is 5.32 Å². The smallest absolute Gasteiger partial charge is 0.271 e. The predicted octanol–water partition coefficient (Wildman–Crippen LogP) is 3.18. The van der Waals surface area contributed by atoms with E-state index in [1.165, 1.54) is 31.2 Å². The monoisotopic (exact) mass is 415 g/mol. The van der Waals surface area contributed by atoms with Crippen LogP contribution in [-0.2, 0) is 14.8 Å². The number of halogens is 2. The van der Waals surface area contributed by atoms with Crippen molar-refractivity contribution in [2.24, 2.45) is 0 Å². The number of carbonyl (C=O) groups is 1. The van der Waals surface area contributed by atoms with Crippen molar-refractivity contribution >= 4 is 44.6 Å². The topological polar surface area (TPSA) is 110 Å². The lowest BCUT2D eigenvalue weighted by molar-refractivity contribution is -0.384. The third-order valence-corrected chi connectivity index (χ3v) is 5.16. The summed E-state index contributed by atoms with van der Waals surface area (Å²) in [7, 11) is -3.89. The molecule has 1 atom stereocenters. The van der Waals surface area contributed by atoms with Crippen molar-refractivity contribution in [1.29, 1.82) is 0 Å². The fourth-order valence-electron chi connectivity index (χ4n) is 2.36. The van der Waals surface area contributed by atoms with Crippen LogP contribution in [0.4, 0.5) is 21.5 Å². The molecule has 0 aromatic heterocycles. The minimum absolute atomic E-state index is 0.0322. The van der Waals surface area contributed by atoms with Gasteiger partial charge in [-0.25, -0.2) is 12.8 Å². The summed E-state index contributed by atoms with van der Waals surface area (Å²) in [5, 5.41) is 13.3. The van der Waals surface area contributed by atoms with Gasteiger partial charge in [0.15, 0.2) is 0 Å². The Bertz CT molecular complexity index is 982. The number of hydrogen-bond donors (Lipinski definition) is 1. The van der Waals surface area contributed by atoms with E-state index in [9.17, 15) is 27.7 Å². The highest BCUT2D eigenvalue weighted by Gasteiger charge is 2.29. The van der Waals surface area contributed by atoms with E-state index in [1.54, 1.807) is 0 Å². The Kier molecular flexibility index (Phi) is 6.01. The Balaban J connectivity index is 2.34. The third-order valence-electron chi connectivity index (χ3n) is 3.59. The Labute approximate surface area is 159 Å². The molecule has 27 heavy (non-hydrogen) atoms. The number of non-ortho nitro benzene ring substituents is 1. The molecule has 0 spiro atoms. The number of anilines is 2. The Morgan fingerprint density at radius 1 is 1.26 bits per heavy atom. The van der Waals surface area contributed by atoms with Crippen LogP contribution in [0, 0.1) is 15.9 Å². The van der Waals surface area contributed by atoms with Gasteiger partial charge in [-0.2, -0.15) is 0 Å². The first kappa shape index (κ1) is 20.6. The van der Waals surface area contributed by atoms with Crippen molar-refractivity contribution in [1.82, 2.24) is 0 Å². The highest BCUT2D eigenvalue weighted by atomic mass is 35.5. The van der Waals surface area contributed by atoms with Crippen molar-refractivity contribution < 1.29 is 22.5 Å². The zero-order valence-electron chi connectivity index (χ0n) is 14.2. The fourth-order valence-corrected chi connectivity index (χ4v) is 3.70. The minimum Gasteiger partial charge on any atom is -0.323 e. The summed E-state index contributed by atoms with van der Waals surface area (Å²) in [4.78, 5) is 22.8. The van der Waals surface area contributed by atoms with Crippen molar-refractivity contribution in [3.63, 3.8) is 0 Å². The third kappa shape index (κ3) is 4.92. The molecule has 2 rings (SSSR count). The van der Waals surface area contributed by atoms with Crippen LogP contribution < -0.4 is 9.62 Å². The molecule has 0 aliphatic carbocycles. The quantitative estimate of drug-likeness (QED) is 0.575. The number of hydrogen-bond acceptors (Lipinski definition) is 5. The molecule has 0 saturated carbocycles. The largest absolute Gasteiger partial charge is 0.323 e. The number of rotatable bonds is 6. The van der Waals surface area contributed by atoms with Gasteiger partial charge in [-0.15, -0.1) is 0 Å². The van der Waals surface area contributed by atoms with Gasteiger partial charge in [0.2, 0.25) is 15.9 Å². The van der Waals surface area contributed by atoms with E-state index in [0.717, 1.165) is 28.8 Å². The van der Waals surface area contributed by atoms with E-state index in [1.807, 2.05) is 0 Å². The summed E-state index contributed by atoms with van der Waals surface area (Å²) >= 11 is 5.94. The molecule has 144 valence electrons. The second-order valence-electron chi connectivity index (χ2n) is 5.62. The van der Waals surface area contributed by atoms with Crippen molar-refractivity contribution in [2.75, 3.05) is 15.9 Å². The van der Waals surface area contributed by atoms with Crippen LogP contribution in [0.1, 0.15) is 6.92 Å². The highest BCUT2D eigenvalue weighted by molar-refractivity contribution is 7.92. The summed E-state index contributed by atoms with van der Waals surface area (Å²) in [6.45, 7) is 1.32. The molecule has 0 fully saturated rings. The average molecular weight is 416 g/mol. The average Bonchev–Trinajstić information content (AvgIpc) is 2.57. The summed E-state index contributed by atoms with van der Waals surface area (Å²) < 4.78 is 38.3. The molecule has 0 heterocycles. The number of nitro groups is 1. The van der Waals surface area contributed by atoms with Gasteiger partial charge in [0.25, 0.3) is 5.69 Å². The molecular formula is C16H15ClFN3O5S. The molecular weight excluding hydrogens is 401 g/mol. The van der Waals surface area contributed by atoms with Crippen LogP contribution in [0.5, 0.6) is 0 Å². The number of nitro benzene ring substituents is 1. The van der Waals surface area contributed by atoms with Crippen LogP contribution in [0.25, 0.3) is 0 Å². The van der Waals surface area contributed by atoms with Gasteiger partial charge >= 0.3 is 0 Å². The maximum absolute atomic E-state index is 13.1. The molecule has 11 heteroatoms. The molecule has 0 aliphatic heterocycles. The second kappa shape index (κ2) is 7.89. The molecule has 1 amide bonds. The lowest BCUT2D eigenvalue weighted by Crippen LogP contribution is -2.45. The SMILES string of the molecule is CC(C(=O)Nc1cc([N+](=O)[O-])ccc1Cl)N(c1ccc(F)cc1)S(C)(=O)=O. The molecule has 0 aliphatic rings. The summed E-state index contributed by atoms with van der Waals surface area (Å²) in [6.07, 6.45) is 0.903. The highest BCUT2D eigenvalue weighted by Crippen LogP contribution is 2.28. The van der Waals surface area contributed by atoms with Crippen LogP contribution in [0.3, 0.4) is 0 Å². The van der Waals surface area contributed by atoms with Crippen LogP contribution in [-0.4, -0.2) is 31.5 Å². The van der Waals surface area contributed by atoms with Gasteiger partial charge in [0.05, 0.1) is 27.6 Å². The summed E-state index contributed by atoms with van der Waals surface area (Å²) in [5.41, 5.74) is -0.234. The Morgan fingerprint density at radius 3 is 2.37 bits per heavy atom. The van der Waals surface area contributed by atoms with E-state index >= 15 is 0 Å². The zero-order chi connectivity index (χ0) is 20.4. The van der Waals surface area contributed by atoms with Crippen LogP contribution in [0.15, 0.2) is 42.5 Å². The van der Waals surface area contributed by atoms with Gasteiger partial charge in [0, 0.05) is 12.1 Å². The van der Waals surface area contributed by atoms with Gasteiger partial charge in [0.1, 0.15) is 11.9 Å². The molecule has 1 unspecified atom stereocenters. The second-order valence-corrected chi connectivity index (χ2v) is 7.89. The first-order valence-electron chi connectivity index (χ1n) is 7.50. The minimum atomic E-state index is -3.89. The number of amides is 1. The van der Waals surface area contributed by atoms with Gasteiger partial charge in [-0.05, 0) is 37.3 Å². The molecule has 0 radical (unpaired) electrons. The van der Waals surface area contributed by atoms with Crippen molar-refractivity contribution in [3.8, 4) is 0 Å². The molecule has 2 aromatic rings. The van der Waals surface area contributed by atoms with Gasteiger partial charge in [-0.1, -0.05) is 11.6 Å². The van der Waals surface area contributed by atoms with E-state index in [4.69, 9.17) is 11.6 Å². The van der Waals surface area contributed by atoms with E-state index in [2.05, 4.69) is 5.32 Å². The lowest BCUT2D eigenvalue weighted by atomic mass is 10.2. The zero-order valence-corrected chi connectivity index (χ0v) is 15.8. The Morgan fingerprint density at radius 2 is 1.85 bits per heavy atom. The summed E-state index contributed by atoms with van der Waals surface area (Å²) in [6, 6.07) is 6.82. The standard InChI is InChI=1S/C16H15ClFN3O5S/c1-10(20(27(2,25)26)12-5-3-11(18)4-6-12)16(22)19-15-9-13(21(23)24)7-8-14(15)17/h3-10H,1-2H3,(H,19,22). The first-order valence-corrected chi connectivity index (χ1v) is 9.73. The summed E-state index contributed by atoms with van der Waals surface area (Å²) in [5.74, 6) is -1.33. The van der Waals surface area contributed by atoms with Crippen molar-refractivity contribution in [3.05, 3.63) is 63.4 Å². The fraction of sp³-hybridized carbons (Fsp3) is 0.188. The molecule has 2 aromatic carbocycles. The van der Waals surface area contributed by atoms with E-state index in [0.29, 0.717) is 0 Å². The van der Waals surface area contributed by atoms with Crippen LogP contribution in [0.2, 0.25) is 5.02 Å². The van der Waals surface area contributed by atoms with E-state index < -0.39 is 32.7 Å². The Hall–Kier alpha value is -2.72. The number of sulfonamides is 1. The number of nitrogens with one attached hydrogen (secondary N) is 1. The maximum atomic E-state index is 13.1. The molecule has 0 bridgehead atoms. The normalized spacial score (nSPS) is 12.3. The molecule has 0 saturated heterocycles. The number of nitrogens with zero attached hydrogens (tertiary/aromatic N) is 2. The molecule has 8 nitrogen and oxygen atoms in total.